The lowest BCUT2D eigenvalue weighted by molar-refractivity contribution is 0.329. The molecule has 0 fully saturated rings. The van der Waals surface area contributed by atoms with E-state index in [1.807, 2.05) is 0 Å². The van der Waals surface area contributed by atoms with Crippen molar-refractivity contribution in [2.75, 3.05) is 29.4 Å². The Labute approximate surface area is 167 Å². The number of nitrogens with two attached hydrogens (primary N) is 1. The molecule has 0 spiro atoms. The smallest absolute Gasteiger partial charge is 0.229 e. The van der Waals surface area contributed by atoms with Gasteiger partial charge >= 0.3 is 0 Å². The molecule has 28 heavy (non-hydrogen) atoms. The first-order chi connectivity index (χ1) is 13.3. The van der Waals surface area contributed by atoms with Gasteiger partial charge in [-0.1, -0.05) is 38.1 Å². The normalized spacial score (nSPS) is 11.9. The van der Waals surface area contributed by atoms with E-state index < -0.39 is 10.0 Å². The van der Waals surface area contributed by atoms with Crippen molar-refractivity contribution in [3.8, 4) is 5.75 Å². The van der Waals surface area contributed by atoms with Crippen LogP contribution in [0.4, 0.5) is 11.4 Å². The van der Waals surface area contributed by atoms with E-state index in [9.17, 15) is 8.42 Å². The van der Waals surface area contributed by atoms with Crippen LogP contribution in [0, 0.1) is 0 Å². The number of guanidine groups is 1. The molecule has 0 saturated carbocycles. The van der Waals surface area contributed by atoms with E-state index in [4.69, 9.17) is 10.5 Å². The van der Waals surface area contributed by atoms with E-state index in [2.05, 4.69) is 47.1 Å². The van der Waals surface area contributed by atoms with Crippen molar-refractivity contribution in [2.45, 2.75) is 26.7 Å². The quantitative estimate of drug-likeness (QED) is 0.338. The fourth-order valence-electron chi connectivity index (χ4n) is 2.76. The van der Waals surface area contributed by atoms with Crippen LogP contribution in [0.25, 0.3) is 0 Å². The number of nitrogens with zero attached hydrogens (tertiary/aromatic N) is 1. The van der Waals surface area contributed by atoms with E-state index in [0.29, 0.717) is 30.5 Å². The van der Waals surface area contributed by atoms with Crippen LogP contribution >= 0.6 is 0 Å². The number of benzene rings is 2. The van der Waals surface area contributed by atoms with Gasteiger partial charge in [-0.25, -0.2) is 13.4 Å². The van der Waals surface area contributed by atoms with Crippen LogP contribution < -0.4 is 20.5 Å². The summed E-state index contributed by atoms with van der Waals surface area (Å²) in [6, 6.07) is 13.0. The minimum Gasteiger partial charge on any atom is -0.492 e. The maximum Gasteiger partial charge on any atom is 0.229 e. The molecular weight excluding hydrogens is 376 g/mol. The van der Waals surface area contributed by atoms with E-state index in [0.717, 1.165) is 24.8 Å². The zero-order valence-electron chi connectivity index (χ0n) is 16.5. The predicted molar refractivity (Wildman–Crippen MR) is 116 cm³/mol. The van der Waals surface area contributed by atoms with E-state index in [1.54, 1.807) is 24.3 Å². The van der Waals surface area contributed by atoms with Gasteiger partial charge in [0.05, 0.1) is 18.5 Å². The summed E-state index contributed by atoms with van der Waals surface area (Å²) < 4.78 is 30.6. The highest BCUT2D eigenvalue weighted by molar-refractivity contribution is 7.92. The Hall–Kier alpha value is -2.74. The Morgan fingerprint density at radius 1 is 1.11 bits per heavy atom. The molecule has 0 aliphatic heterocycles. The third-order valence-electron chi connectivity index (χ3n) is 4.03. The molecule has 0 aliphatic carbocycles. The predicted octanol–water partition coefficient (Wildman–Crippen LogP) is 2.99. The minimum atomic E-state index is -3.32. The number of aliphatic imine (C=N–C) groups is 1. The number of hydrogen-bond acceptors (Lipinski definition) is 4. The van der Waals surface area contributed by atoms with Gasteiger partial charge < -0.3 is 15.8 Å². The van der Waals surface area contributed by atoms with E-state index in [1.165, 1.54) is 11.1 Å². The molecule has 0 aromatic heterocycles. The first kappa shape index (κ1) is 21.6. The molecule has 152 valence electrons. The monoisotopic (exact) mass is 404 g/mol. The van der Waals surface area contributed by atoms with Gasteiger partial charge in [-0.05, 0) is 36.1 Å². The molecule has 2 rings (SSSR count). The Kier molecular flexibility index (Phi) is 7.69. The molecular formula is C20H28N4O3S. The molecule has 0 radical (unpaired) electrons. The number of rotatable bonds is 9. The molecule has 0 bridgehead atoms. The highest BCUT2D eigenvalue weighted by Gasteiger charge is 2.07. The Morgan fingerprint density at radius 2 is 1.75 bits per heavy atom. The molecule has 2 aromatic rings. The summed E-state index contributed by atoms with van der Waals surface area (Å²) in [7, 11) is -3.32. The SMILES string of the molecule is CCc1cccc(CC)c1NC(N)=NCCOc1cccc(NS(C)(=O)=O)c1. The summed E-state index contributed by atoms with van der Waals surface area (Å²) >= 11 is 0. The molecule has 7 nitrogen and oxygen atoms in total. The summed E-state index contributed by atoms with van der Waals surface area (Å²) in [5, 5.41) is 3.21. The maximum atomic E-state index is 11.3. The van der Waals surface area contributed by atoms with Crippen molar-refractivity contribution >= 4 is 27.4 Å². The number of para-hydroxylation sites is 1. The molecule has 8 heteroatoms. The summed E-state index contributed by atoms with van der Waals surface area (Å²) in [4.78, 5) is 4.31. The van der Waals surface area contributed by atoms with Gasteiger partial charge in [-0.15, -0.1) is 0 Å². The van der Waals surface area contributed by atoms with Gasteiger partial charge in [0, 0.05) is 11.8 Å². The number of sulfonamides is 1. The van der Waals surface area contributed by atoms with Crippen LogP contribution in [0.3, 0.4) is 0 Å². The molecule has 2 aromatic carbocycles. The standard InChI is InChI=1S/C20H28N4O3S/c1-4-15-8-6-9-16(5-2)19(15)23-20(21)22-12-13-27-18-11-7-10-17(14-18)24-28(3,25)26/h6-11,14,24H,4-5,12-13H2,1-3H3,(H3,21,22,23). The topological polar surface area (TPSA) is 106 Å². The Balaban J connectivity index is 1.93. The molecule has 0 heterocycles. The highest BCUT2D eigenvalue weighted by Crippen LogP contribution is 2.22. The second-order valence-corrected chi connectivity index (χ2v) is 8.05. The van der Waals surface area contributed by atoms with Crippen LogP contribution in [0.5, 0.6) is 5.75 Å². The lowest BCUT2D eigenvalue weighted by Gasteiger charge is -2.15. The van der Waals surface area contributed by atoms with Crippen molar-refractivity contribution in [2.24, 2.45) is 10.7 Å². The molecule has 0 atom stereocenters. The zero-order chi connectivity index (χ0) is 20.6. The number of hydrogen-bond donors (Lipinski definition) is 3. The average Bonchev–Trinajstić information content (AvgIpc) is 2.64. The number of aryl methyl sites for hydroxylation is 2. The first-order valence-electron chi connectivity index (χ1n) is 9.20. The van der Waals surface area contributed by atoms with E-state index in [-0.39, 0.29) is 0 Å². The maximum absolute atomic E-state index is 11.3. The highest BCUT2D eigenvalue weighted by atomic mass is 32.2. The first-order valence-corrected chi connectivity index (χ1v) is 11.1. The lowest BCUT2D eigenvalue weighted by Crippen LogP contribution is -2.25. The molecule has 4 N–H and O–H groups in total. The fraction of sp³-hybridized carbons (Fsp3) is 0.350. The second kappa shape index (κ2) is 9.98. The van der Waals surface area contributed by atoms with Crippen LogP contribution in [0.2, 0.25) is 0 Å². The van der Waals surface area contributed by atoms with Gasteiger partial charge in [0.2, 0.25) is 10.0 Å². The van der Waals surface area contributed by atoms with Crippen LogP contribution in [0.15, 0.2) is 47.5 Å². The van der Waals surface area contributed by atoms with Crippen molar-refractivity contribution in [1.82, 2.24) is 0 Å². The molecule has 0 amide bonds. The number of anilines is 2. The van der Waals surface area contributed by atoms with Crippen LogP contribution in [-0.4, -0.2) is 33.8 Å². The van der Waals surface area contributed by atoms with Crippen molar-refractivity contribution in [3.05, 3.63) is 53.6 Å². The van der Waals surface area contributed by atoms with Gasteiger partial charge in [0.15, 0.2) is 5.96 Å². The third-order valence-corrected chi connectivity index (χ3v) is 4.64. The van der Waals surface area contributed by atoms with Gasteiger partial charge in [0.1, 0.15) is 12.4 Å². The fourth-order valence-corrected chi connectivity index (χ4v) is 3.32. The number of ether oxygens (including phenoxy) is 1. The molecule has 0 saturated heterocycles. The van der Waals surface area contributed by atoms with Gasteiger partial charge in [-0.3, -0.25) is 4.72 Å². The largest absolute Gasteiger partial charge is 0.492 e. The second-order valence-electron chi connectivity index (χ2n) is 6.30. The molecule has 0 aliphatic rings. The average molecular weight is 405 g/mol. The van der Waals surface area contributed by atoms with Gasteiger partial charge in [-0.2, -0.15) is 0 Å². The van der Waals surface area contributed by atoms with Crippen LogP contribution in [0.1, 0.15) is 25.0 Å². The summed E-state index contributed by atoms with van der Waals surface area (Å²) in [5.74, 6) is 0.895. The lowest BCUT2D eigenvalue weighted by atomic mass is 10.0. The van der Waals surface area contributed by atoms with Crippen LogP contribution in [-0.2, 0) is 22.9 Å². The summed E-state index contributed by atoms with van der Waals surface area (Å²) in [6.45, 7) is 4.90. The summed E-state index contributed by atoms with van der Waals surface area (Å²) in [5.41, 5.74) is 9.90. The number of nitrogens with one attached hydrogen (secondary N) is 2. The third kappa shape index (κ3) is 6.77. The molecule has 0 unspecified atom stereocenters. The van der Waals surface area contributed by atoms with Crippen molar-refractivity contribution < 1.29 is 13.2 Å². The Morgan fingerprint density at radius 3 is 2.36 bits per heavy atom. The van der Waals surface area contributed by atoms with Crippen molar-refractivity contribution in [1.29, 1.82) is 0 Å². The minimum absolute atomic E-state index is 0.320. The van der Waals surface area contributed by atoms with Crippen molar-refractivity contribution in [3.63, 3.8) is 0 Å². The zero-order valence-corrected chi connectivity index (χ0v) is 17.3. The van der Waals surface area contributed by atoms with Gasteiger partial charge in [0.25, 0.3) is 0 Å². The van der Waals surface area contributed by atoms with E-state index >= 15 is 0 Å². The summed E-state index contributed by atoms with van der Waals surface area (Å²) in [6.07, 6.45) is 2.92. The Bertz CT molecular complexity index is 905.